The van der Waals surface area contributed by atoms with Gasteiger partial charge in [0.15, 0.2) is 0 Å². The summed E-state index contributed by atoms with van der Waals surface area (Å²) in [6, 6.07) is 6.60. The minimum absolute atomic E-state index is 0.913. The van der Waals surface area contributed by atoms with Gasteiger partial charge in [0, 0.05) is 24.5 Å². The van der Waals surface area contributed by atoms with Crippen LogP contribution in [0.2, 0.25) is 0 Å². The van der Waals surface area contributed by atoms with Gasteiger partial charge in [-0.15, -0.1) is 0 Å². The number of thiophene rings is 1. The van der Waals surface area contributed by atoms with E-state index in [4.69, 9.17) is 5.73 Å². The second-order valence-electron chi connectivity index (χ2n) is 4.96. The maximum absolute atomic E-state index is 6.02. The Labute approximate surface area is 112 Å². The van der Waals surface area contributed by atoms with Crippen molar-refractivity contribution in [3.05, 3.63) is 45.6 Å². The van der Waals surface area contributed by atoms with Gasteiger partial charge in [-0.2, -0.15) is 11.3 Å². The van der Waals surface area contributed by atoms with E-state index < -0.39 is 0 Å². The molecule has 0 atom stereocenters. The summed E-state index contributed by atoms with van der Waals surface area (Å²) in [5.74, 6) is 0. The third-order valence-electron chi connectivity index (χ3n) is 3.71. The summed E-state index contributed by atoms with van der Waals surface area (Å²) in [6.45, 7) is 4.30. The summed E-state index contributed by atoms with van der Waals surface area (Å²) in [4.78, 5) is 2.46. The molecule has 1 aromatic heterocycles. The molecule has 2 nitrogen and oxygen atoms in total. The Bertz CT molecular complexity index is 546. The number of fused-ring (bicyclic) bond motifs is 1. The van der Waals surface area contributed by atoms with Gasteiger partial charge in [-0.05, 0) is 59.3 Å². The molecule has 0 saturated heterocycles. The predicted octanol–water partition coefficient (Wildman–Crippen LogP) is 3.24. The Hall–Kier alpha value is -1.48. The Morgan fingerprint density at radius 1 is 1.39 bits per heavy atom. The quantitative estimate of drug-likeness (QED) is 0.856. The highest BCUT2D eigenvalue weighted by molar-refractivity contribution is 7.07. The van der Waals surface area contributed by atoms with E-state index in [0.29, 0.717) is 0 Å². The number of benzene rings is 1. The lowest BCUT2D eigenvalue weighted by molar-refractivity contribution is 0.815. The van der Waals surface area contributed by atoms with Gasteiger partial charge in [0.05, 0.1) is 0 Å². The monoisotopic (exact) mass is 258 g/mol. The lowest BCUT2D eigenvalue weighted by Crippen LogP contribution is -2.23. The molecule has 2 N–H and O–H groups in total. The van der Waals surface area contributed by atoms with E-state index in [0.717, 1.165) is 31.6 Å². The molecular formula is C15H18N2S. The smallest absolute Gasteiger partial charge is 0.0420 e. The molecule has 2 aromatic rings. The Balaban J connectivity index is 1.76. The van der Waals surface area contributed by atoms with Crippen LogP contribution in [0.25, 0.3) is 0 Å². The van der Waals surface area contributed by atoms with Crippen LogP contribution in [0.15, 0.2) is 29.0 Å². The largest absolute Gasteiger partial charge is 0.398 e. The number of hydrogen-bond acceptors (Lipinski definition) is 3. The molecule has 94 valence electrons. The molecule has 18 heavy (non-hydrogen) atoms. The second-order valence-corrected chi connectivity index (χ2v) is 5.74. The summed E-state index contributed by atoms with van der Waals surface area (Å²) in [5.41, 5.74) is 12.4. The maximum Gasteiger partial charge on any atom is 0.0420 e. The average Bonchev–Trinajstić information content (AvgIpc) is 2.97. The molecule has 0 radical (unpaired) electrons. The fourth-order valence-corrected chi connectivity index (χ4v) is 3.28. The van der Waals surface area contributed by atoms with Crippen LogP contribution in [0.1, 0.15) is 16.7 Å². The molecule has 0 saturated carbocycles. The van der Waals surface area contributed by atoms with Crippen LogP contribution in [0.5, 0.6) is 0 Å². The maximum atomic E-state index is 6.02. The van der Waals surface area contributed by atoms with Gasteiger partial charge in [-0.3, -0.25) is 0 Å². The number of rotatable bonds is 3. The van der Waals surface area contributed by atoms with Gasteiger partial charge in [-0.1, -0.05) is 6.07 Å². The van der Waals surface area contributed by atoms with E-state index in [9.17, 15) is 0 Å². The zero-order chi connectivity index (χ0) is 12.5. The van der Waals surface area contributed by atoms with Gasteiger partial charge in [0.1, 0.15) is 0 Å². The highest BCUT2D eigenvalue weighted by Crippen LogP contribution is 2.32. The minimum atomic E-state index is 0.913. The first-order chi connectivity index (χ1) is 8.74. The average molecular weight is 258 g/mol. The first-order valence-corrected chi connectivity index (χ1v) is 7.33. The van der Waals surface area contributed by atoms with E-state index in [1.54, 1.807) is 11.3 Å². The van der Waals surface area contributed by atoms with E-state index in [1.165, 1.54) is 22.4 Å². The van der Waals surface area contributed by atoms with Crippen molar-refractivity contribution >= 4 is 22.7 Å². The number of nitrogens with zero attached hydrogens (tertiary/aromatic N) is 1. The van der Waals surface area contributed by atoms with Gasteiger partial charge in [-0.25, -0.2) is 0 Å². The van der Waals surface area contributed by atoms with E-state index in [2.05, 4.69) is 40.8 Å². The first kappa shape index (κ1) is 11.6. The van der Waals surface area contributed by atoms with Crippen LogP contribution in [-0.2, 0) is 12.8 Å². The van der Waals surface area contributed by atoms with Crippen molar-refractivity contribution in [2.45, 2.75) is 19.8 Å². The number of hydrogen-bond donors (Lipinski definition) is 1. The molecule has 2 heterocycles. The van der Waals surface area contributed by atoms with Gasteiger partial charge in [0.25, 0.3) is 0 Å². The lowest BCUT2D eigenvalue weighted by atomic mass is 10.1. The van der Waals surface area contributed by atoms with Crippen molar-refractivity contribution in [3.63, 3.8) is 0 Å². The molecule has 0 spiro atoms. The molecule has 3 rings (SSSR count). The standard InChI is InChI=1S/C15H18N2S/c1-11-8-13-3-6-17(15(13)9-14(11)16)5-2-12-4-7-18-10-12/h4,7-10H,2-3,5-6,16H2,1H3. The topological polar surface area (TPSA) is 29.3 Å². The summed E-state index contributed by atoms with van der Waals surface area (Å²) < 4.78 is 0. The van der Waals surface area contributed by atoms with Crippen molar-refractivity contribution in [3.8, 4) is 0 Å². The zero-order valence-corrected chi connectivity index (χ0v) is 11.5. The Kier molecular flexibility index (Phi) is 3.00. The van der Waals surface area contributed by atoms with E-state index in [1.807, 2.05) is 0 Å². The Morgan fingerprint density at radius 3 is 3.06 bits per heavy atom. The van der Waals surface area contributed by atoms with Crippen LogP contribution < -0.4 is 10.6 Å². The van der Waals surface area contributed by atoms with E-state index in [-0.39, 0.29) is 0 Å². The van der Waals surface area contributed by atoms with Crippen LogP contribution in [0.3, 0.4) is 0 Å². The molecule has 1 aliphatic heterocycles. The molecule has 0 fully saturated rings. The number of aryl methyl sites for hydroxylation is 1. The summed E-state index contributed by atoms with van der Waals surface area (Å²) in [5, 5.41) is 4.38. The van der Waals surface area contributed by atoms with Crippen LogP contribution >= 0.6 is 11.3 Å². The van der Waals surface area contributed by atoms with Gasteiger partial charge >= 0.3 is 0 Å². The van der Waals surface area contributed by atoms with Crippen molar-refractivity contribution in [1.82, 2.24) is 0 Å². The molecule has 3 heteroatoms. The van der Waals surface area contributed by atoms with Gasteiger partial charge in [0.2, 0.25) is 0 Å². The fourth-order valence-electron chi connectivity index (χ4n) is 2.57. The first-order valence-electron chi connectivity index (χ1n) is 6.39. The summed E-state index contributed by atoms with van der Waals surface area (Å²) in [7, 11) is 0. The van der Waals surface area contributed by atoms with Crippen molar-refractivity contribution in [1.29, 1.82) is 0 Å². The normalized spacial score (nSPS) is 13.9. The summed E-state index contributed by atoms with van der Waals surface area (Å²) >= 11 is 1.77. The van der Waals surface area contributed by atoms with Crippen LogP contribution in [-0.4, -0.2) is 13.1 Å². The fraction of sp³-hybridized carbons (Fsp3) is 0.333. The highest BCUT2D eigenvalue weighted by Gasteiger charge is 2.19. The molecule has 0 bridgehead atoms. The van der Waals surface area contributed by atoms with Gasteiger partial charge < -0.3 is 10.6 Å². The molecule has 0 amide bonds. The summed E-state index contributed by atoms with van der Waals surface area (Å²) in [6.07, 6.45) is 2.27. The number of nitrogens with two attached hydrogens (primary N) is 1. The van der Waals surface area contributed by atoms with Crippen LogP contribution in [0, 0.1) is 6.92 Å². The van der Waals surface area contributed by atoms with E-state index >= 15 is 0 Å². The lowest BCUT2D eigenvalue weighted by Gasteiger charge is -2.19. The SMILES string of the molecule is Cc1cc2c(cc1N)N(CCc1ccsc1)CC2. The van der Waals surface area contributed by atoms with Crippen molar-refractivity contribution in [2.24, 2.45) is 0 Å². The zero-order valence-electron chi connectivity index (χ0n) is 10.6. The molecular weight excluding hydrogens is 240 g/mol. The molecule has 1 aliphatic rings. The Morgan fingerprint density at radius 2 is 2.28 bits per heavy atom. The number of nitrogen functional groups attached to an aromatic ring is 1. The third-order valence-corrected chi connectivity index (χ3v) is 4.44. The predicted molar refractivity (Wildman–Crippen MR) is 79.5 cm³/mol. The van der Waals surface area contributed by atoms with Crippen molar-refractivity contribution in [2.75, 3.05) is 23.7 Å². The minimum Gasteiger partial charge on any atom is -0.398 e. The molecule has 0 aliphatic carbocycles. The van der Waals surface area contributed by atoms with Crippen LogP contribution in [0.4, 0.5) is 11.4 Å². The molecule has 1 aromatic carbocycles. The third kappa shape index (κ3) is 2.10. The molecule has 0 unspecified atom stereocenters. The second kappa shape index (κ2) is 4.65. The van der Waals surface area contributed by atoms with Crippen molar-refractivity contribution < 1.29 is 0 Å². The number of anilines is 2. The highest BCUT2D eigenvalue weighted by atomic mass is 32.1.